The molecule has 3 heterocycles. The summed E-state index contributed by atoms with van der Waals surface area (Å²) in [6, 6.07) is 13.2. The topological polar surface area (TPSA) is 106 Å². The maximum atomic E-state index is 9.13. The van der Waals surface area contributed by atoms with Gasteiger partial charge in [0.05, 0.1) is 33.9 Å². The van der Waals surface area contributed by atoms with Gasteiger partial charge in [0.15, 0.2) is 11.5 Å². The fourth-order valence-corrected chi connectivity index (χ4v) is 3.40. The van der Waals surface area contributed by atoms with Crippen molar-refractivity contribution in [3.05, 3.63) is 69.7 Å². The van der Waals surface area contributed by atoms with E-state index in [1.165, 1.54) is 4.52 Å². The van der Waals surface area contributed by atoms with Crippen LogP contribution in [0.5, 0.6) is 0 Å². The molecule has 0 aliphatic carbocycles. The van der Waals surface area contributed by atoms with Crippen LogP contribution < -0.4 is 5.73 Å². The predicted octanol–water partition coefficient (Wildman–Crippen LogP) is 3.30. The molecule has 7 nitrogen and oxygen atoms in total. The molecule has 2 N–H and O–H groups in total. The van der Waals surface area contributed by atoms with Crippen molar-refractivity contribution in [2.45, 2.75) is 13.3 Å². The Hall–Kier alpha value is -3.31. The molecule has 0 spiro atoms. The second-order valence-electron chi connectivity index (χ2n) is 6.03. The molecular formula is C19H14BrN7. The molecule has 0 radical (unpaired) electrons. The summed E-state index contributed by atoms with van der Waals surface area (Å²) < 4.78 is 2.18. The van der Waals surface area contributed by atoms with Gasteiger partial charge in [-0.1, -0.05) is 18.2 Å². The molecule has 0 bridgehead atoms. The highest BCUT2D eigenvalue weighted by atomic mass is 79.9. The van der Waals surface area contributed by atoms with Crippen LogP contribution in [-0.4, -0.2) is 24.6 Å². The van der Waals surface area contributed by atoms with Crippen molar-refractivity contribution in [1.29, 1.82) is 5.26 Å². The Morgan fingerprint density at radius 1 is 1.22 bits per heavy atom. The van der Waals surface area contributed by atoms with E-state index in [0.29, 0.717) is 33.6 Å². The summed E-state index contributed by atoms with van der Waals surface area (Å²) in [4.78, 5) is 13.5. The molecule has 0 amide bonds. The molecule has 27 heavy (non-hydrogen) atoms. The van der Waals surface area contributed by atoms with Gasteiger partial charge in [0.2, 0.25) is 5.95 Å². The summed E-state index contributed by atoms with van der Waals surface area (Å²) in [5.74, 6) is 0.830. The minimum atomic E-state index is 0.224. The molecular weight excluding hydrogens is 406 g/mol. The Balaban J connectivity index is 1.82. The molecule has 3 aromatic heterocycles. The molecule has 0 saturated heterocycles. The largest absolute Gasteiger partial charge is 0.368 e. The van der Waals surface area contributed by atoms with Crippen molar-refractivity contribution < 1.29 is 0 Å². The summed E-state index contributed by atoms with van der Waals surface area (Å²) in [5.41, 5.74) is 10.6. The highest BCUT2D eigenvalue weighted by Crippen LogP contribution is 2.31. The Labute approximate surface area is 163 Å². The van der Waals surface area contributed by atoms with E-state index >= 15 is 0 Å². The molecule has 0 saturated carbocycles. The van der Waals surface area contributed by atoms with Crippen molar-refractivity contribution in [2.24, 2.45) is 0 Å². The maximum absolute atomic E-state index is 9.13. The van der Waals surface area contributed by atoms with E-state index in [2.05, 4.69) is 42.0 Å². The Morgan fingerprint density at radius 3 is 2.85 bits per heavy atom. The van der Waals surface area contributed by atoms with Crippen LogP contribution in [0, 0.1) is 18.3 Å². The summed E-state index contributed by atoms with van der Waals surface area (Å²) in [7, 11) is 0. The lowest BCUT2D eigenvalue weighted by molar-refractivity contribution is 0.874. The second-order valence-corrected chi connectivity index (χ2v) is 6.83. The number of nitriles is 1. The number of rotatable bonds is 3. The molecule has 8 heteroatoms. The summed E-state index contributed by atoms with van der Waals surface area (Å²) in [6.07, 6.45) is 2.25. The lowest BCUT2D eigenvalue weighted by atomic mass is 10.1. The standard InChI is InChI=1S/C19H14BrN7/c1-11-4-3-7-23-14(11)9-15-24-18-16(20)17(25-19(22)27(18)26-15)13-6-2-5-12(8-13)10-21/h2-8H,9H2,1H3,(H2,22,25). The number of fused-ring (bicyclic) bond motifs is 1. The molecule has 0 atom stereocenters. The fraction of sp³-hybridized carbons (Fsp3) is 0.105. The quantitative estimate of drug-likeness (QED) is 0.545. The van der Waals surface area contributed by atoms with Crippen LogP contribution in [-0.2, 0) is 6.42 Å². The first-order chi connectivity index (χ1) is 13.1. The number of anilines is 1. The van der Waals surface area contributed by atoms with Gasteiger partial charge in [-0.3, -0.25) is 4.98 Å². The van der Waals surface area contributed by atoms with E-state index in [0.717, 1.165) is 16.8 Å². The maximum Gasteiger partial charge on any atom is 0.223 e. The number of aryl methyl sites for hydroxylation is 1. The van der Waals surface area contributed by atoms with Gasteiger partial charge >= 0.3 is 0 Å². The van der Waals surface area contributed by atoms with Crippen LogP contribution in [0.15, 0.2) is 47.1 Å². The van der Waals surface area contributed by atoms with E-state index < -0.39 is 0 Å². The smallest absolute Gasteiger partial charge is 0.223 e. The van der Waals surface area contributed by atoms with Gasteiger partial charge in [-0.15, -0.1) is 5.10 Å². The zero-order valence-electron chi connectivity index (χ0n) is 14.4. The van der Waals surface area contributed by atoms with Gasteiger partial charge in [-0.2, -0.15) is 9.78 Å². The van der Waals surface area contributed by atoms with E-state index in [1.807, 2.05) is 31.2 Å². The first-order valence-corrected chi connectivity index (χ1v) is 8.98. The van der Waals surface area contributed by atoms with Crippen molar-refractivity contribution in [1.82, 2.24) is 24.6 Å². The lowest BCUT2D eigenvalue weighted by Gasteiger charge is -2.07. The Bertz CT molecular complexity index is 1210. The van der Waals surface area contributed by atoms with Crippen molar-refractivity contribution in [2.75, 3.05) is 5.73 Å². The normalized spacial score (nSPS) is 10.9. The highest BCUT2D eigenvalue weighted by Gasteiger charge is 2.17. The molecule has 4 aromatic rings. The van der Waals surface area contributed by atoms with Gasteiger partial charge < -0.3 is 5.73 Å². The van der Waals surface area contributed by atoms with Gasteiger partial charge in [0, 0.05) is 11.8 Å². The van der Waals surface area contributed by atoms with E-state index in [1.54, 1.807) is 18.3 Å². The van der Waals surface area contributed by atoms with Crippen LogP contribution in [0.4, 0.5) is 5.95 Å². The number of halogens is 1. The molecule has 0 aliphatic heterocycles. The van der Waals surface area contributed by atoms with Gasteiger partial charge in [-0.25, -0.2) is 9.97 Å². The number of nitrogens with zero attached hydrogens (tertiary/aromatic N) is 6. The third-order valence-electron chi connectivity index (χ3n) is 4.21. The number of nitrogen functional groups attached to an aromatic ring is 1. The number of hydrogen-bond acceptors (Lipinski definition) is 6. The first-order valence-electron chi connectivity index (χ1n) is 8.18. The zero-order valence-corrected chi connectivity index (χ0v) is 16.0. The van der Waals surface area contributed by atoms with Crippen molar-refractivity contribution >= 4 is 27.5 Å². The summed E-state index contributed by atoms with van der Waals surface area (Å²) >= 11 is 3.57. The van der Waals surface area contributed by atoms with Crippen LogP contribution in [0.2, 0.25) is 0 Å². The average molecular weight is 420 g/mol. The number of hydrogen-bond donors (Lipinski definition) is 1. The molecule has 0 aliphatic rings. The van der Waals surface area contributed by atoms with Gasteiger partial charge in [-0.05, 0) is 46.6 Å². The predicted molar refractivity (Wildman–Crippen MR) is 105 cm³/mol. The summed E-state index contributed by atoms with van der Waals surface area (Å²) in [5, 5.41) is 13.6. The Kier molecular flexibility index (Phi) is 4.30. The lowest BCUT2D eigenvalue weighted by Crippen LogP contribution is -2.04. The first kappa shape index (κ1) is 17.1. The minimum absolute atomic E-state index is 0.224. The van der Waals surface area contributed by atoms with Crippen LogP contribution >= 0.6 is 15.9 Å². The monoisotopic (exact) mass is 419 g/mol. The Morgan fingerprint density at radius 2 is 2.07 bits per heavy atom. The molecule has 0 fully saturated rings. The third-order valence-corrected chi connectivity index (χ3v) is 4.94. The number of benzene rings is 1. The SMILES string of the molecule is Cc1cccnc1Cc1nc2c(Br)c(-c3cccc(C#N)c3)nc(N)n2n1. The van der Waals surface area contributed by atoms with Crippen molar-refractivity contribution in [3.63, 3.8) is 0 Å². The minimum Gasteiger partial charge on any atom is -0.368 e. The highest BCUT2D eigenvalue weighted by molar-refractivity contribution is 9.10. The fourth-order valence-electron chi connectivity index (χ4n) is 2.83. The number of nitrogens with two attached hydrogens (primary N) is 1. The van der Waals surface area contributed by atoms with E-state index in [4.69, 9.17) is 11.0 Å². The van der Waals surface area contributed by atoms with E-state index in [-0.39, 0.29) is 5.95 Å². The van der Waals surface area contributed by atoms with Gasteiger partial charge in [0.25, 0.3) is 0 Å². The van der Waals surface area contributed by atoms with Crippen LogP contribution in [0.25, 0.3) is 16.9 Å². The zero-order chi connectivity index (χ0) is 19.0. The van der Waals surface area contributed by atoms with Gasteiger partial charge in [0.1, 0.15) is 0 Å². The van der Waals surface area contributed by atoms with Crippen LogP contribution in [0.1, 0.15) is 22.6 Å². The van der Waals surface area contributed by atoms with Crippen LogP contribution in [0.3, 0.4) is 0 Å². The number of pyridine rings is 1. The second kappa shape index (κ2) is 6.78. The molecule has 4 rings (SSSR count). The molecule has 0 unspecified atom stereocenters. The van der Waals surface area contributed by atoms with Crippen molar-refractivity contribution in [3.8, 4) is 17.3 Å². The molecule has 1 aromatic carbocycles. The third kappa shape index (κ3) is 3.13. The average Bonchev–Trinajstić information content (AvgIpc) is 3.11. The molecule has 132 valence electrons. The summed E-state index contributed by atoms with van der Waals surface area (Å²) in [6.45, 7) is 2.00. The van der Waals surface area contributed by atoms with E-state index in [9.17, 15) is 0 Å². The number of aromatic nitrogens is 5.